The molecule has 0 amide bonds. The van der Waals surface area contributed by atoms with Crippen molar-refractivity contribution >= 4 is 22.7 Å². The van der Waals surface area contributed by atoms with Gasteiger partial charge in [-0.05, 0) is 5.92 Å². The second-order valence-electron chi connectivity index (χ2n) is 3.56. The zero-order valence-corrected chi connectivity index (χ0v) is 9.21. The molecule has 1 aromatic rings. The maximum absolute atomic E-state index is 4.43. The van der Waals surface area contributed by atoms with Gasteiger partial charge in [0.25, 0.3) is 0 Å². The first-order valence-electron chi connectivity index (χ1n) is 4.68. The van der Waals surface area contributed by atoms with Crippen LogP contribution in [-0.2, 0) is 7.05 Å². The summed E-state index contributed by atoms with van der Waals surface area (Å²) in [5.74, 6) is 2.70. The quantitative estimate of drug-likeness (QED) is 0.765. The van der Waals surface area contributed by atoms with Crippen LogP contribution in [0.4, 0.5) is 5.82 Å². The third-order valence-corrected chi connectivity index (χ3v) is 3.24. The molecule has 0 saturated heterocycles. The first-order valence-corrected chi connectivity index (χ1v) is 5.66. The van der Waals surface area contributed by atoms with Gasteiger partial charge in [-0.25, -0.2) is 0 Å². The van der Waals surface area contributed by atoms with Crippen LogP contribution in [0.3, 0.4) is 0 Å². The Morgan fingerprint density at radius 3 is 3.07 bits per heavy atom. The highest BCUT2D eigenvalue weighted by atomic mass is 32.2. The summed E-state index contributed by atoms with van der Waals surface area (Å²) in [6, 6.07) is 1.95. The van der Waals surface area contributed by atoms with Crippen LogP contribution in [-0.4, -0.2) is 27.2 Å². The minimum atomic E-state index is 0.689. The van der Waals surface area contributed by atoms with Crippen molar-refractivity contribution in [3.8, 4) is 0 Å². The number of amidine groups is 1. The predicted molar refractivity (Wildman–Crippen MR) is 60.8 cm³/mol. The zero-order valence-electron chi connectivity index (χ0n) is 8.40. The molecule has 76 valence electrons. The molecular weight excluding hydrogens is 196 g/mol. The Labute approximate surface area is 87.8 Å². The van der Waals surface area contributed by atoms with Crippen molar-refractivity contribution in [2.24, 2.45) is 18.0 Å². The highest BCUT2D eigenvalue weighted by Gasteiger charge is 2.12. The number of anilines is 1. The molecule has 2 rings (SSSR count). The van der Waals surface area contributed by atoms with Gasteiger partial charge in [-0.2, -0.15) is 5.10 Å². The van der Waals surface area contributed by atoms with E-state index in [0.29, 0.717) is 5.92 Å². The fraction of sp³-hybridized carbons (Fsp3) is 0.556. The summed E-state index contributed by atoms with van der Waals surface area (Å²) in [6.07, 6.45) is 1.92. The van der Waals surface area contributed by atoms with Gasteiger partial charge in [0, 0.05) is 31.6 Å². The molecule has 0 aromatic carbocycles. The summed E-state index contributed by atoms with van der Waals surface area (Å²) in [4.78, 5) is 4.43. The van der Waals surface area contributed by atoms with Crippen LogP contribution in [0.5, 0.6) is 0 Å². The number of rotatable bonds is 1. The van der Waals surface area contributed by atoms with E-state index in [0.717, 1.165) is 23.3 Å². The molecule has 0 bridgehead atoms. The third-order valence-electron chi connectivity index (χ3n) is 2.00. The van der Waals surface area contributed by atoms with Gasteiger partial charge in [0.1, 0.15) is 0 Å². The number of hydrogen-bond acceptors (Lipinski definition) is 4. The summed E-state index contributed by atoms with van der Waals surface area (Å²) in [5, 5.41) is 8.43. The highest BCUT2D eigenvalue weighted by molar-refractivity contribution is 8.14. The topological polar surface area (TPSA) is 42.2 Å². The Morgan fingerprint density at radius 1 is 1.64 bits per heavy atom. The van der Waals surface area contributed by atoms with Crippen LogP contribution in [0.2, 0.25) is 0 Å². The summed E-state index contributed by atoms with van der Waals surface area (Å²) < 4.78 is 1.78. The molecular formula is C9H14N4S. The smallest absolute Gasteiger partial charge is 0.162 e. The number of nitrogens with one attached hydrogen (secondary N) is 1. The molecule has 0 fully saturated rings. The number of aromatic nitrogens is 2. The van der Waals surface area contributed by atoms with E-state index in [9.17, 15) is 0 Å². The first kappa shape index (κ1) is 9.58. The Bertz CT molecular complexity index is 344. The van der Waals surface area contributed by atoms with Crippen molar-refractivity contribution in [3.63, 3.8) is 0 Å². The summed E-state index contributed by atoms with van der Waals surface area (Å²) in [5.41, 5.74) is 0. The van der Waals surface area contributed by atoms with Gasteiger partial charge in [-0.15, -0.1) is 0 Å². The summed E-state index contributed by atoms with van der Waals surface area (Å²) in [6.45, 7) is 3.14. The van der Waals surface area contributed by atoms with Gasteiger partial charge in [0.15, 0.2) is 11.0 Å². The summed E-state index contributed by atoms with van der Waals surface area (Å²) >= 11 is 1.77. The first-order chi connectivity index (χ1) is 6.74. The molecule has 1 aromatic heterocycles. The summed E-state index contributed by atoms with van der Waals surface area (Å²) in [7, 11) is 1.91. The van der Waals surface area contributed by atoms with E-state index < -0.39 is 0 Å². The standard InChI is InChI=1S/C9H14N4S/c1-7-5-10-9(14-6-7)11-8-3-4-13(2)12-8/h3-4,7H,5-6H2,1-2H3,(H,10,11,12). The molecule has 0 spiro atoms. The van der Waals surface area contributed by atoms with Crippen LogP contribution in [0.25, 0.3) is 0 Å². The molecule has 14 heavy (non-hydrogen) atoms. The number of aryl methyl sites for hydroxylation is 1. The van der Waals surface area contributed by atoms with E-state index in [1.807, 2.05) is 19.3 Å². The van der Waals surface area contributed by atoms with Crippen LogP contribution in [0, 0.1) is 5.92 Å². The van der Waals surface area contributed by atoms with Crippen molar-refractivity contribution in [3.05, 3.63) is 12.3 Å². The van der Waals surface area contributed by atoms with Crippen molar-refractivity contribution in [1.82, 2.24) is 9.78 Å². The van der Waals surface area contributed by atoms with E-state index in [2.05, 4.69) is 22.3 Å². The molecule has 1 unspecified atom stereocenters. The van der Waals surface area contributed by atoms with Gasteiger partial charge in [0.2, 0.25) is 0 Å². The minimum Gasteiger partial charge on any atom is -0.318 e. The van der Waals surface area contributed by atoms with Gasteiger partial charge >= 0.3 is 0 Å². The molecule has 1 atom stereocenters. The molecule has 0 aliphatic carbocycles. The zero-order chi connectivity index (χ0) is 9.97. The fourth-order valence-corrected chi connectivity index (χ4v) is 2.12. The number of aliphatic imine (C=N–C) groups is 1. The largest absolute Gasteiger partial charge is 0.318 e. The van der Waals surface area contributed by atoms with Crippen LogP contribution in [0.1, 0.15) is 6.92 Å². The van der Waals surface area contributed by atoms with Gasteiger partial charge in [-0.1, -0.05) is 18.7 Å². The van der Waals surface area contributed by atoms with Crippen LogP contribution in [0.15, 0.2) is 17.3 Å². The Morgan fingerprint density at radius 2 is 2.50 bits per heavy atom. The van der Waals surface area contributed by atoms with Crippen LogP contribution >= 0.6 is 11.8 Å². The van der Waals surface area contributed by atoms with Crippen molar-refractivity contribution in [2.75, 3.05) is 17.6 Å². The second-order valence-corrected chi connectivity index (χ2v) is 4.57. The average molecular weight is 210 g/mol. The Balaban J connectivity index is 1.98. The van der Waals surface area contributed by atoms with Crippen LogP contribution < -0.4 is 5.32 Å². The highest BCUT2D eigenvalue weighted by Crippen LogP contribution is 2.18. The van der Waals surface area contributed by atoms with E-state index in [4.69, 9.17) is 0 Å². The minimum absolute atomic E-state index is 0.689. The maximum atomic E-state index is 4.43. The normalized spacial score (nSPS) is 21.9. The fourth-order valence-electron chi connectivity index (χ4n) is 1.23. The maximum Gasteiger partial charge on any atom is 0.162 e. The van der Waals surface area contributed by atoms with Crippen molar-refractivity contribution in [1.29, 1.82) is 0 Å². The molecule has 5 heteroatoms. The van der Waals surface area contributed by atoms with E-state index >= 15 is 0 Å². The predicted octanol–water partition coefficient (Wildman–Crippen LogP) is 1.57. The number of thioether (sulfide) groups is 1. The number of hydrogen-bond donors (Lipinski definition) is 1. The SMILES string of the molecule is CC1CN=C(Nc2ccn(C)n2)SC1. The number of nitrogens with zero attached hydrogens (tertiary/aromatic N) is 3. The van der Waals surface area contributed by atoms with E-state index in [-0.39, 0.29) is 0 Å². The third kappa shape index (κ3) is 2.29. The average Bonchev–Trinajstić information content (AvgIpc) is 2.56. The lowest BCUT2D eigenvalue weighted by Crippen LogP contribution is -2.19. The molecule has 1 aliphatic heterocycles. The molecule has 0 radical (unpaired) electrons. The van der Waals surface area contributed by atoms with E-state index in [1.54, 1.807) is 16.4 Å². The Kier molecular flexibility index (Phi) is 2.77. The van der Waals surface area contributed by atoms with E-state index in [1.165, 1.54) is 0 Å². The lowest BCUT2D eigenvalue weighted by molar-refractivity contribution is 0.673. The molecule has 2 heterocycles. The lowest BCUT2D eigenvalue weighted by Gasteiger charge is -2.16. The van der Waals surface area contributed by atoms with Crippen molar-refractivity contribution < 1.29 is 0 Å². The molecule has 0 saturated carbocycles. The van der Waals surface area contributed by atoms with Crippen molar-refractivity contribution in [2.45, 2.75) is 6.92 Å². The Hall–Kier alpha value is -0.970. The van der Waals surface area contributed by atoms with Gasteiger partial charge < -0.3 is 5.32 Å². The molecule has 1 aliphatic rings. The monoisotopic (exact) mass is 210 g/mol. The molecule has 1 N–H and O–H groups in total. The second kappa shape index (κ2) is 4.04. The van der Waals surface area contributed by atoms with Gasteiger partial charge in [0.05, 0.1) is 0 Å². The molecule has 4 nitrogen and oxygen atoms in total. The van der Waals surface area contributed by atoms with Gasteiger partial charge in [-0.3, -0.25) is 9.67 Å². The lowest BCUT2D eigenvalue weighted by atomic mass is 10.2.